The molecule has 2 aromatic carbocycles. The molecule has 2 heterocycles. The minimum atomic E-state index is 0.000196. The molecule has 0 aliphatic rings. The number of benzene rings is 2. The first-order valence-corrected chi connectivity index (χ1v) is 8.61. The molecule has 0 saturated heterocycles. The highest BCUT2D eigenvalue weighted by molar-refractivity contribution is 7.15. The smallest absolute Gasteiger partial charge is 0.267 e. The lowest BCUT2D eigenvalue weighted by Crippen LogP contribution is -2.22. The van der Waals surface area contributed by atoms with E-state index in [2.05, 4.69) is 11.1 Å². The van der Waals surface area contributed by atoms with Gasteiger partial charge in [-0.1, -0.05) is 59.9 Å². The lowest BCUT2D eigenvalue weighted by molar-refractivity contribution is 1.19. The lowest BCUT2D eigenvalue weighted by Gasteiger charge is -1.97. The van der Waals surface area contributed by atoms with E-state index in [1.807, 2.05) is 68.5 Å². The topological polar surface area (TPSA) is 34.4 Å². The van der Waals surface area contributed by atoms with Crippen molar-refractivity contribution >= 4 is 39.5 Å². The fourth-order valence-corrected chi connectivity index (χ4v) is 3.87. The normalized spacial score (nSPS) is 12.8. The predicted octanol–water partition coefficient (Wildman–Crippen LogP) is 3.74. The van der Waals surface area contributed by atoms with Crippen LogP contribution in [0.5, 0.6) is 0 Å². The Labute approximate surface area is 143 Å². The van der Waals surface area contributed by atoms with Crippen LogP contribution in [0.15, 0.2) is 53.3 Å². The number of hydrogen-bond acceptors (Lipinski definition) is 3. The van der Waals surface area contributed by atoms with Crippen LogP contribution in [0.25, 0.3) is 28.1 Å². The molecule has 4 aromatic rings. The Balaban J connectivity index is 1.86. The summed E-state index contributed by atoms with van der Waals surface area (Å²) in [4.78, 5) is 18.1. The largest absolute Gasteiger partial charge is 0.274 e. The Bertz CT molecular complexity index is 1180. The zero-order chi connectivity index (χ0) is 16.7. The monoisotopic (exact) mass is 332 g/mol. The number of hydrogen-bond donors (Lipinski definition) is 0. The number of aromatic nitrogens is 2. The quantitative estimate of drug-likeness (QED) is 0.560. The SMILES string of the molecule is Cc1cc(C)c2nc3s/c(=C/C=C/c4ccccc4)c(=O)n3c2c1. The standard InChI is InChI=1S/C20H16N2OS/c1-13-11-14(2)18-16(12-13)22-19(23)17(24-20(22)21-18)10-6-9-15-7-4-3-5-8-15/h3-12H,1-2H3/b9-6+,17-10+. The molecular formula is C20H16N2OS. The number of allylic oxidation sites excluding steroid dienone is 1. The predicted molar refractivity (Wildman–Crippen MR) is 101 cm³/mol. The molecule has 2 aromatic heterocycles. The van der Waals surface area contributed by atoms with E-state index in [0.29, 0.717) is 4.53 Å². The number of aryl methyl sites for hydroxylation is 2. The molecule has 0 fully saturated rings. The third-order valence-corrected chi connectivity index (χ3v) is 5.00. The summed E-state index contributed by atoms with van der Waals surface area (Å²) in [6.07, 6.45) is 5.78. The molecule has 0 amide bonds. The molecule has 0 atom stereocenters. The fraction of sp³-hybridized carbons (Fsp3) is 0.100. The van der Waals surface area contributed by atoms with E-state index < -0.39 is 0 Å². The summed E-state index contributed by atoms with van der Waals surface area (Å²) >= 11 is 1.43. The summed E-state index contributed by atoms with van der Waals surface area (Å²) in [6, 6.07) is 14.2. The molecule has 0 aliphatic carbocycles. The zero-order valence-corrected chi connectivity index (χ0v) is 14.3. The molecule has 0 unspecified atom stereocenters. The van der Waals surface area contributed by atoms with Crippen molar-refractivity contribution in [1.29, 1.82) is 0 Å². The number of imidazole rings is 1. The van der Waals surface area contributed by atoms with Crippen molar-refractivity contribution in [2.45, 2.75) is 13.8 Å². The Morgan fingerprint density at radius 2 is 1.92 bits per heavy atom. The van der Waals surface area contributed by atoms with Crippen LogP contribution in [0.2, 0.25) is 0 Å². The maximum absolute atomic E-state index is 12.7. The van der Waals surface area contributed by atoms with Gasteiger partial charge < -0.3 is 0 Å². The van der Waals surface area contributed by atoms with E-state index in [4.69, 9.17) is 0 Å². The average Bonchev–Trinajstić information content (AvgIpc) is 3.07. The van der Waals surface area contributed by atoms with Gasteiger partial charge in [0.25, 0.3) is 5.56 Å². The average molecular weight is 332 g/mol. The second kappa shape index (κ2) is 5.73. The van der Waals surface area contributed by atoms with Crippen molar-refractivity contribution in [3.05, 3.63) is 80.1 Å². The Kier molecular flexibility index (Phi) is 3.54. The van der Waals surface area contributed by atoms with Gasteiger partial charge in [0.1, 0.15) is 0 Å². The van der Waals surface area contributed by atoms with Crippen molar-refractivity contribution in [1.82, 2.24) is 9.38 Å². The van der Waals surface area contributed by atoms with Crippen LogP contribution in [0.4, 0.5) is 0 Å². The number of nitrogens with zero attached hydrogens (tertiary/aromatic N) is 2. The minimum absolute atomic E-state index is 0.000196. The Hall–Kier alpha value is -2.72. The molecule has 0 bridgehead atoms. The molecule has 0 radical (unpaired) electrons. The van der Waals surface area contributed by atoms with E-state index in [0.717, 1.165) is 32.7 Å². The van der Waals surface area contributed by atoms with Crippen molar-refractivity contribution in [3.8, 4) is 0 Å². The van der Waals surface area contributed by atoms with Gasteiger partial charge in [0.15, 0.2) is 4.96 Å². The summed E-state index contributed by atoms with van der Waals surface area (Å²) in [7, 11) is 0. The van der Waals surface area contributed by atoms with Crippen LogP contribution < -0.4 is 10.1 Å². The first-order valence-electron chi connectivity index (χ1n) is 7.79. The van der Waals surface area contributed by atoms with Gasteiger partial charge in [0.2, 0.25) is 0 Å². The molecule has 4 rings (SSSR count). The first kappa shape index (κ1) is 14.8. The summed E-state index contributed by atoms with van der Waals surface area (Å²) in [5.41, 5.74) is 5.17. The third kappa shape index (κ3) is 2.45. The van der Waals surface area contributed by atoms with Gasteiger partial charge in [-0.3, -0.25) is 4.79 Å². The molecule has 4 heteroatoms. The minimum Gasteiger partial charge on any atom is -0.267 e. The van der Waals surface area contributed by atoms with Crippen LogP contribution in [-0.2, 0) is 0 Å². The van der Waals surface area contributed by atoms with Crippen LogP contribution >= 0.6 is 11.3 Å². The summed E-state index contributed by atoms with van der Waals surface area (Å²) in [6.45, 7) is 4.07. The van der Waals surface area contributed by atoms with E-state index in [9.17, 15) is 4.79 Å². The highest BCUT2D eigenvalue weighted by Crippen LogP contribution is 2.21. The van der Waals surface area contributed by atoms with Gasteiger partial charge in [-0.2, -0.15) is 0 Å². The van der Waals surface area contributed by atoms with Crippen LogP contribution in [0, 0.1) is 13.8 Å². The number of fused-ring (bicyclic) bond motifs is 3. The molecular weight excluding hydrogens is 316 g/mol. The van der Waals surface area contributed by atoms with Gasteiger partial charge in [-0.15, -0.1) is 0 Å². The second-order valence-corrected chi connectivity index (χ2v) is 6.90. The zero-order valence-electron chi connectivity index (χ0n) is 13.5. The molecule has 0 saturated carbocycles. The molecule has 0 N–H and O–H groups in total. The maximum atomic E-state index is 12.7. The summed E-state index contributed by atoms with van der Waals surface area (Å²) in [5.74, 6) is 0. The molecule has 3 nitrogen and oxygen atoms in total. The lowest BCUT2D eigenvalue weighted by atomic mass is 10.1. The first-order chi connectivity index (χ1) is 11.6. The van der Waals surface area contributed by atoms with E-state index in [-0.39, 0.29) is 5.56 Å². The highest BCUT2D eigenvalue weighted by Gasteiger charge is 2.12. The Morgan fingerprint density at radius 3 is 2.71 bits per heavy atom. The van der Waals surface area contributed by atoms with E-state index in [1.54, 1.807) is 4.40 Å². The summed E-state index contributed by atoms with van der Waals surface area (Å²) < 4.78 is 2.42. The van der Waals surface area contributed by atoms with Crippen LogP contribution in [-0.4, -0.2) is 9.38 Å². The third-order valence-electron chi connectivity index (χ3n) is 4.02. The molecule has 0 aliphatic heterocycles. The van der Waals surface area contributed by atoms with Gasteiger partial charge in [-0.25, -0.2) is 9.38 Å². The molecule has 24 heavy (non-hydrogen) atoms. The molecule has 118 valence electrons. The summed E-state index contributed by atoms with van der Waals surface area (Å²) in [5, 5.41) is 0. The maximum Gasteiger partial charge on any atom is 0.274 e. The fourth-order valence-electron chi connectivity index (χ4n) is 2.94. The van der Waals surface area contributed by atoms with Crippen molar-refractivity contribution in [2.24, 2.45) is 0 Å². The number of rotatable bonds is 2. The van der Waals surface area contributed by atoms with Gasteiger partial charge in [-0.05, 0) is 42.7 Å². The van der Waals surface area contributed by atoms with Crippen LogP contribution in [0.3, 0.4) is 0 Å². The van der Waals surface area contributed by atoms with Gasteiger partial charge in [0, 0.05) is 0 Å². The van der Waals surface area contributed by atoms with Crippen LogP contribution in [0.1, 0.15) is 16.7 Å². The highest BCUT2D eigenvalue weighted by atomic mass is 32.1. The van der Waals surface area contributed by atoms with E-state index >= 15 is 0 Å². The molecule has 0 spiro atoms. The van der Waals surface area contributed by atoms with Crippen molar-refractivity contribution < 1.29 is 0 Å². The second-order valence-electron chi connectivity index (χ2n) is 5.89. The van der Waals surface area contributed by atoms with Crippen molar-refractivity contribution in [3.63, 3.8) is 0 Å². The Morgan fingerprint density at radius 1 is 1.12 bits per heavy atom. The van der Waals surface area contributed by atoms with Gasteiger partial charge >= 0.3 is 0 Å². The van der Waals surface area contributed by atoms with E-state index in [1.165, 1.54) is 11.3 Å². The van der Waals surface area contributed by atoms with Gasteiger partial charge in [0.05, 0.1) is 15.6 Å². The van der Waals surface area contributed by atoms with Crippen molar-refractivity contribution in [2.75, 3.05) is 0 Å². The number of thiazole rings is 1.